The van der Waals surface area contributed by atoms with Crippen molar-refractivity contribution in [3.05, 3.63) is 23.8 Å². The Bertz CT molecular complexity index is 328. The summed E-state index contributed by atoms with van der Waals surface area (Å²) in [7, 11) is 0. The van der Waals surface area contributed by atoms with Crippen LogP contribution in [0.4, 0.5) is 10.1 Å². The van der Waals surface area contributed by atoms with Crippen molar-refractivity contribution in [3.63, 3.8) is 0 Å². The third kappa shape index (κ3) is 2.08. The van der Waals surface area contributed by atoms with Gasteiger partial charge in [-0.15, -0.1) is 0 Å². The number of halogens is 1. The number of hydrogen-bond donors (Lipinski definition) is 2. The predicted molar refractivity (Wildman–Crippen MR) is 46.0 cm³/mol. The van der Waals surface area contributed by atoms with E-state index in [0.717, 1.165) is 0 Å². The number of ether oxygens (including phenoxy) is 1. The fraction of sp³-hybridized carbons (Fsp3) is 0.125. The summed E-state index contributed by atoms with van der Waals surface area (Å²) in [5.74, 6) is -0.383. The van der Waals surface area contributed by atoms with Crippen LogP contribution in [0.25, 0.3) is 0 Å². The highest BCUT2D eigenvalue weighted by Crippen LogP contribution is 2.22. The van der Waals surface area contributed by atoms with E-state index in [-0.39, 0.29) is 17.0 Å². The van der Waals surface area contributed by atoms with Gasteiger partial charge in [-0.1, -0.05) is 0 Å². The normalized spacial score (nSPS) is 9.62. The number of anilines is 1. The highest BCUT2D eigenvalue weighted by Gasteiger charge is 2.04. The van der Waals surface area contributed by atoms with Crippen molar-refractivity contribution < 1.29 is 13.9 Å². The largest absolute Gasteiger partial charge is 0.461 e. The van der Waals surface area contributed by atoms with Crippen LogP contribution in [-0.2, 0) is 0 Å². The zero-order valence-corrected chi connectivity index (χ0v) is 6.79. The summed E-state index contributed by atoms with van der Waals surface area (Å²) in [5, 5.41) is 0. The molecular weight excluding hydrogens is 175 g/mol. The lowest BCUT2D eigenvalue weighted by Gasteiger charge is -2.05. The van der Waals surface area contributed by atoms with Crippen LogP contribution in [0, 0.1) is 0 Å². The van der Waals surface area contributed by atoms with E-state index in [9.17, 15) is 9.18 Å². The number of carbonyl (C=O) groups excluding carboxylic acids is 1. The van der Waals surface area contributed by atoms with Gasteiger partial charge in [0.25, 0.3) is 0 Å². The molecule has 0 aliphatic carbocycles. The van der Waals surface area contributed by atoms with Crippen LogP contribution < -0.4 is 16.2 Å². The lowest BCUT2D eigenvalue weighted by Crippen LogP contribution is -2.11. The molecule has 1 amide bonds. The van der Waals surface area contributed by atoms with Gasteiger partial charge in [0.2, 0.25) is 12.8 Å². The van der Waals surface area contributed by atoms with Gasteiger partial charge in [0.15, 0.2) is 0 Å². The zero-order chi connectivity index (χ0) is 9.84. The second kappa shape index (κ2) is 3.75. The average molecular weight is 184 g/mol. The molecule has 0 saturated heterocycles. The van der Waals surface area contributed by atoms with Crippen LogP contribution >= 0.6 is 0 Å². The van der Waals surface area contributed by atoms with Crippen molar-refractivity contribution >= 4 is 11.6 Å². The first-order chi connectivity index (χ1) is 6.15. The van der Waals surface area contributed by atoms with Crippen molar-refractivity contribution in [2.75, 3.05) is 12.6 Å². The molecule has 0 saturated carbocycles. The van der Waals surface area contributed by atoms with E-state index in [0.29, 0.717) is 0 Å². The van der Waals surface area contributed by atoms with Gasteiger partial charge in [0.05, 0.1) is 5.69 Å². The van der Waals surface area contributed by atoms with Crippen LogP contribution in [0.1, 0.15) is 10.4 Å². The average Bonchev–Trinajstić information content (AvgIpc) is 2.08. The summed E-state index contributed by atoms with van der Waals surface area (Å²) in [6, 6.07) is 4.16. The quantitative estimate of drug-likeness (QED) is 0.678. The van der Waals surface area contributed by atoms with Gasteiger partial charge in [0.1, 0.15) is 5.75 Å². The highest BCUT2D eigenvalue weighted by molar-refractivity contribution is 5.94. The Morgan fingerprint density at radius 3 is 2.69 bits per heavy atom. The van der Waals surface area contributed by atoms with Crippen molar-refractivity contribution in [1.82, 2.24) is 0 Å². The molecule has 5 heteroatoms. The van der Waals surface area contributed by atoms with Crippen LogP contribution in [0.3, 0.4) is 0 Å². The van der Waals surface area contributed by atoms with E-state index >= 15 is 0 Å². The van der Waals surface area contributed by atoms with E-state index in [4.69, 9.17) is 11.5 Å². The molecule has 0 aliphatic heterocycles. The second-order valence-electron chi connectivity index (χ2n) is 2.37. The monoisotopic (exact) mass is 184 g/mol. The Labute approximate surface area is 74.3 Å². The molecule has 4 nitrogen and oxygen atoms in total. The van der Waals surface area contributed by atoms with Crippen molar-refractivity contribution in [1.29, 1.82) is 0 Å². The van der Waals surface area contributed by atoms with Gasteiger partial charge in [-0.2, -0.15) is 0 Å². The molecule has 4 N–H and O–H groups in total. The predicted octanol–water partition coefficient (Wildman–Crippen LogP) is 0.674. The van der Waals surface area contributed by atoms with Gasteiger partial charge < -0.3 is 16.2 Å². The number of carbonyl (C=O) groups is 1. The van der Waals surface area contributed by atoms with Gasteiger partial charge in [-0.25, -0.2) is 4.39 Å². The van der Waals surface area contributed by atoms with Gasteiger partial charge in [-0.05, 0) is 18.2 Å². The van der Waals surface area contributed by atoms with Crippen LogP contribution in [0.5, 0.6) is 5.75 Å². The van der Waals surface area contributed by atoms with Gasteiger partial charge >= 0.3 is 0 Å². The molecule has 0 fully saturated rings. The standard InChI is InChI=1S/C8H9FN2O2/c9-4-13-7-2-1-5(8(11)12)3-6(7)10/h1-3H,4,10H2,(H2,11,12). The van der Waals surface area contributed by atoms with Gasteiger partial charge in [-0.3, -0.25) is 4.79 Å². The third-order valence-electron chi connectivity index (χ3n) is 1.50. The van der Waals surface area contributed by atoms with E-state index in [2.05, 4.69) is 4.74 Å². The Hall–Kier alpha value is -1.78. The summed E-state index contributed by atoms with van der Waals surface area (Å²) < 4.78 is 16.3. The SMILES string of the molecule is NC(=O)c1ccc(OCF)c(N)c1. The number of benzene rings is 1. The molecule has 0 aromatic heterocycles. The molecule has 0 atom stereocenters. The Kier molecular flexibility index (Phi) is 2.69. The summed E-state index contributed by atoms with van der Waals surface area (Å²) in [6.45, 7) is -0.958. The Morgan fingerprint density at radius 2 is 2.23 bits per heavy atom. The molecule has 1 aromatic carbocycles. The minimum atomic E-state index is -0.958. The smallest absolute Gasteiger partial charge is 0.248 e. The maximum atomic E-state index is 11.7. The molecule has 13 heavy (non-hydrogen) atoms. The number of nitrogen functional groups attached to an aromatic ring is 1. The molecule has 0 bridgehead atoms. The topological polar surface area (TPSA) is 78.3 Å². The molecule has 0 aliphatic rings. The fourth-order valence-electron chi connectivity index (χ4n) is 0.892. The Morgan fingerprint density at radius 1 is 1.54 bits per heavy atom. The minimum absolute atomic E-state index is 0.189. The zero-order valence-electron chi connectivity index (χ0n) is 6.79. The number of alkyl halides is 1. The number of rotatable bonds is 3. The van der Waals surface area contributed by atoms with Crippen molar-refractivity contribution in [3.8, 4) is 5.75 Å². The second-order valence-corrected chi connectivity index (χ2v) is 2.37. The number of hydrogen-bond acceptors (Lipinski definition) is 3. The minimum Gasteiger partial charge on any atom is -0.461 e. The first kappa shape index (κ1) is 9.31. The fourth-order valence-corrected chi connectivity index (χ4v) is 0.892. The molecule has 0 unspecified atom stereocenters. The van der Waals surface area contributed by atoms with E-state index in [1.165, 1.54) is 18.2 Å². The molecule has 1 aromatic rings. The summed E-state index contributed by atoms with van der Waals surface area (Å²) in [6.07, 6.45) is 0. The first-order valence-electron chi connectivity index (χ1n) is 3.53. The van der Waals surface area contributed by atoms with Crippen LogP contribution in [-0.4, -0.2) is 12.8 Å². The number of nitrogens with two attached hydrogens (primary N) is 2. The number of primary amides is 1. The van der Waals surface area contributed by atoms with E-state index < -0.39 is 12.8 Å². The molecular formula is C8H9FN2O2. The van der Waals surface area contributed by atoms with Crippen LogP contribution in [0.2, 0.25) is 0 Å². The Balaban J connectivity index is 2.98. The molecule has 0 radical (unpaired) electrons. The van der Waals surface area contributed by atoms with E-state index in [1.54, 1.807) is 0 Å². The first-order valence-corrected chi connectivity index (χ1v) is 3.53. The third-order valence-corrected chi connectivity index (χ3v) is 1.50. The van der Waals surface area contributed by atoms with Crippen molar-refractivity contribution in [2.24, 2.45) is 5.73 Å². The number of amides is 1. The highest BCUT2D eigenvalue weighted by atomic mass is 19.1. The molecule has 0 heterocycles. The summed E-state index contributed by atoms with van der Waals surface area (Å²) in [5.41, 5.74) is 10.9. The lowest BCUT2D eigenvalue weighted by molar-refractivity contribution is 0.100. The molecule has 70 valence electrons. The van der Waals surface area contributed by atoms with E-state index in [1.807, 2.05) is 0 Å². The summed E-state index contributed by atoms with van der Waals surface area (Å²) in [4.78, 5) is 10.7. The maximum Gasteiger partial charge on any atom is 0.248 e. The van der Waals surface area contributed by atoms with Crippen LogP contribution in [0.15, 0.2) is 18.2 Å². The molecule has 1 rings (SSSR count). The lowest BCUT2D eigenvalue weighted by atomic mass is 10.2. The summed E-state index contributed by atoms with van der Waals surface area (Å²) >= 11 is 0. The molecule has 0 spiro atoms. The van der Waals surface area contributed by atoms with Gasteiger partial charge in [0, 0.05) is 5.56 Å². The maximum absolute atomic E-state index is 11.7. The van der Waals surface area contributed by atoms with Crippen molar-refractivity contribution in [2.45, 2.75) is 0 Å².